The molecule has 2 heteroatoms. The molecule has 0 unspecified atom stereocenters. The molecule has 0 amide bonds. The van der Waals surface area contributed by atoms with Crippen LogP contribution < -0.4 is 10.6 Å². The summed E-state index contributed by atoms with van der Waals surface area (Å²) in [5.41, 5.74) is 1.34. The van der Waals surface area contributed by atoms with Crippen LogP contribution in [0.25, 0.3) is 0 Å². The molecule has 0 atom stereocenters. The summed E-state index contributed by atoms with van der Waals surface area (Å²) in [7, 11) is 0. The molecule has 0 heterocycles. The first-order chi connectivity index (χ1) is 7.70. The number of nitrogens with one attached hydrogen (secondary N) is 2. The van der Waals surface area contributed by atoms with Crippen LogP contribution in [0.15, 0.2) is 48.9 Å². The molecule has 0 aliphatic heterocycles. The Morgan fingerprint density at radius 1 is 1.19 bits per heavy atom. The summed E-state index contributed by atoms with van der Waals surface area (Å²) in [6.45, 7) is 13.7. The molecule has 0 aliphatic carbocycles. The minimum atomic E-state index is 0.913. The van der Waals surface area contributed by atoms with E-state index in [9.17, 15) is 0 Å². The molecule has 0 aromatic heterocycles. The molecule has 0 aromatic carbocycles. The van der Waals surface area contributed by atoms with Crippen molar-refractivity contribution in [1.29, 1.82) is 0 Å². The van der Waals surface area contributed by atoms with Gasteiger partial charge in [0.15, 0.2) is 0 Å². The average molecular weight is 220 g/mol. The van der Waals surface area contributed by atoms with Gasteiger partial charge in [-0.2, -0.15) is 0 Å². The summed E-state index contributed by atoms with van der Waals surface area (Å²) >= 11 is 0. The minimum absolute atomic E-state index is 0.913. The fourth-order valence-corrected chi connectivity index (χ4v) is 1.13. The lowest BCUT2D eigenvalue weighted by Crippen LogP contribution is -2.26. The van der Waals surface area contributed by atoms with Crippen LogP contribution in [0.4, 0.5) is 0 Å². The third-order valence-corrected chi connectivity index (χ3v) is 2.07. The zero-order chi connectivity index (χ0) is 12.2. The van der Waals surface area contributed by atoms with Gasteiger partial charge in [-0.15, -0.1) is 0 Å². The largest absolute Gasteiger partial charge is 0.372 e. The molecular formula is C14H24N2. The Kier molecular flexibility index (Phi) is 9.18. The normalized spacial score (nSPS) is 11.5. The van der Waals surface area contributed by atoms with Gasteiger partial charge in [-0.05, 0) is 19.8 Å². The van der Waals surface area contributed by atoms with Crippen LogP contribution in [-0.2, 0) is 0 Å². The van der Waals surface area contributed by atoms with Crippen molar-refractivity contribution in [1.82, 2.24) is 10.6 Å². The highest BCUT2D eigenvalue weighted by atomic mass is 15.1. The first-order valence-corrected chi connectivity index (χ1v) is 5.82. The molecule has 0 spiro atoms. The maximum absolute atomic E-state index is 3.90. The van der Waals surface area contributed by atoms with Crippen LogP contribution >= 0.6 is 0 Å². The van der Waals surface area contributed by atoms with Crippen molar-refractivity contribution in [2.75, 3.05) is 13.1 Å². The van der Waals surface area contributed by atoms with E-state index >= 15 is 0 Å². The van der Waals surface area contributed by atoms with Crippen LogP contribution in [0.3, 0.4) is 0 Å². The topological polar surface area (TPSA) is 24.1 Å². The molecule has 0 bridgehead atoms. The first-order valence-electron chi connectivity index (χ1n) is 5.82. The van der Waals surface area contributed by atoms with Gasteiger partial charge in [0.2, 0.25) is 0 Å². The standard InChI is InChI=1S/C14H24N2/c1-5-7-8-9-13(3)10-12-16-14(4)15-11-6-2/h5,7-9,15-16H,1,4,6,10-12H2,2-3H3/b8-7-,13-9+. The summed E-state index contributed by atoms with van der Waals surface area (Å²) in [5.74, 6) is 0.913. The van der Waals surface area contributed by atoms with Crippen molar-refractivity contribution in [3.05, 3.63) is 48.9 Å². The molecule has 0 rings (SSSR count). The zero-order valence-electron chi connectivity index (χ0n) is 10.6. The Morgan fingerprint density at radius 2 is 1.88 bits per heavy atom. The highest BCUT2D eigenvalue weighted by molar-refractivity contribution is 5.14. The number of hydrogen-bond acceptors (Lipinski definition) is 2. The Labute approximate surface area is 99.8 Å². The lowest BCUT2D eigenvalue weighted by atomic mass is 10.2. The van der Waals surface area contributed by atoms with Crippen LogP contribution in [0.2, 0.25) is 0 Å². The van der Waals surface area contributed by atoms with Crippen molar-refractivity contribution in [2.24, 2.45) is 0 Å². The van der Waals surface area contributed by atoms with E-state index < -0.39 is 0 Å². The SMILES string of the molecule is C=C/C=C\C=C(/C)CCNC(=C)NCCC. The van der Waals surface area contributed by atoms with E-state index in [2.05, 4.69) is 43.7 Å². The third-order valence-electron chi connectivity index (χ3n) is 2.07. The average Bonchev–Trinajstić information content (AvgIpc) is 2.26. The van der Waals surface area contributed by atoms with Crippen LogP contribution in [0, 0.1) is 0 Å². The minimum Gasteiger partial charge on any atom is -0.372 e. The molecule has 0 saturated heterocycles. The maximum atomic E-state index is 3.90. The lowest BCUT2D eigenvalue weighted by molar-refractivity contribution is 0.670. The third kappa shape index (κ3) is 9.13. The second-order valence-electron chi connectivity index (χ2n) is 3.72. The quantitative estimate of drug-likeness (QED) is 0.583. The van der Waals surface area contributed by atoms with Crippen molar-refractivity contribution >= 4 is 0 Å². The molecule has 2 nitrogen and oxygen atoms in total. The Balaban J connectivity index is 3.64. The lowest BCUT2D eigenvalue weighted by Gasteiger charge is -2.11. The molecule has 2 N–H and O–H groups in total. The Hall–Kier alpha value is -1.44. The van der Waals surface area contributed by atoms with Gasteiger partial charge in [-0.1, -0.05) is 50.0 Å². The van der Waals surface area contributed by atoms with Crippen molar-refractivity contribution < 1.29 is 0 Å². The van der Waals surface area contributed by atoms with Gasteiger partial charge < -0.3 is 10.6 Å². The molecule has 90 valence electrons. The van der Waals surface area contributed by atoms with E-state index in [0.29, 0.717) is 0 Å². The molecular weight excluding hydrogens is 196 g/mol. The molecule has 0 radical (unpaired) electrons. The predicted molar refractivity (Wildman–Crippen MR) is 73.1 cm³/mol. The second kappa shape index (κ2) is 10.1. The Bertz CT molecular complexity index is 262. The fourth-order valence-electron chi connectivity index (χ4n) is 1.13. The monoisotopic (exact) mass is 220 g/mol. The van der Waals surface area contributed by atoms with Gasteiger partial charge in [0.05, 0.1) is 5.82 Å². The van der Waals surface area contributed by atoms with E-state index in [1.165, 1.54) is 5.57 Å². The van der Waals surface area contributed by atoms with Gasteiger partial charge >= 0.3 is 0 Å². The van der Waals surface area contributed by atoms with Crippen LogP contribution in [0.1, 0.15) is 26.7 Å². The van der Waals surface area contributed by atoms with E-state index in [-0.39, 0.29) is 0 Å². The van der Waals surface area contributed by atoms with Gasteiger partial charge in [0, 0.05) is 13.1 Å². The van der Waals surface area contributed by atoms with Crippen molar-refractivity contribution in [3.63, 3.8) is 0 Å². The van der Waals surface area contributed by atoms with Gasteiger partial charge in [-0.3, -0.25) is 0 Å². The number of rotatable bonds is 9. The van der Waals surface area contributed by atoms with Gasteiger partial charge in [-0.25, -0.2) is 0 Å². The van der Waals surface area contributed by atoms with Gasteiger partial charge in [0.25, 0.3) is 0 Å². The van der Waals surface area contributed by atoms with E-state index in [0.717, 1.165) is 31.8 Å². The van der Waals surface area contributed by atoms with Crippen molar-refractivity contribution in [2.45, 2.75) is 26.7 Å². The smallest absolute Gasteiger partial charge is 0.0912 e. The number of hydrogen-bond donors (Lipinski definition) is 2. The highest BCUT2D eigenvalue weighted by Crippen LogP contribution is 1.98. The predicted octanol–water partition coefficient (Wildman–Crippen LogP) is 3.13. The van der Waals surface area contributed by atoms with E-state index in [1.807, 2.05) is 12.2 Å². The van der Waals surface area contributed by atoms with Gasteiger partial charge in [0.1, 0.15) is 0 Å². The summed E-state index contributed by atoms with van der Waals surface area (Å²) in [6, 6.07) is 0. The van der Waals surface area contributed by atoms with E-state index in [1.54, 1.807) is 6.08 Å². The first kappa shape index (κ1) is 14.6. The fraction of sp³-hybridized carbons (Fsp3) is 0.429. The molecule has 0 aliphatic rings. The summed E-state index contributed by atoms with van der Waals surface area (Å²) in [6.07, 6.45) is 9.95. The Morgan fingerprint density at radius 3 is 2.50 bits per heavy atom. The summed E-state index contributed by atoms with van der Waals surface area (Å²) < 4.78 is 0. The van der Waals surface area contributed by atoms with Crippen molar-refractivity contribution in [3.8, 4) is 0 Å². The molecule has 0 fully saturated rings. The van der Waals surface area contributed by atoms with E-state index in [4.69, 9.17) is 0 Å². The highest BCUT2D eigenvalue weighted by Gasteiger charge is 1.91. The maximum Gasteiger partial charge on any atom is 0.0912 e. The van der Waals surface area contributed by atoms with Crippen LogP contribution in [-0.4, -0.2) is 13.1 Å². The summed E-state index contributed by atoms with van der Waals surface area (Å²) in [4.78, 5) is 0. The van der Waals surface area contributed by atoms with Crippen LogP contribution in [0.5, 0.6) is 0 Å². The second-order valence-corrected chi connectivity index (χ2v) is 3.72. The zero-order valence-corrected chi connectivity index (χ0v) is 10.6. The number of allylic oxidation sites excluding steroid dienone is 4. The molecule has 0 saturated carbocycles. The summed E-state index contributed by atoms with van der Waals surface area (Å²) in [5, 5.41) is 6.45. The molecule has 0 aromatic rings. The molecule has 16 heavy (non-hydrogen) atoms.